The van der Waals surface area contributed by atoms with Gasteiger partial charge in [-0.3, -0.25) is 4.98 Å². The van der Waals surface area contributed by atoms with Crippen LogP contribution in [-0.2, 0) is 15.5 Å². The molecule has 0 saturated carbocycles. The molecule has 3 aromatic carbocycles. The van der Waals surface area contributed by atoms with Crippen molar-refractivity contribution >= 4 is 43.7 Å². The molecule has 43 heavy (non-hydrogen) atoms. The Balaban J connectivity index is 1.69. The second-order valence-electron chi connectivity index (χ2n) is 9.57. The summed E-state index contributed by atoms with van der Waals surface area (Å²) in [6.07, 6.45) is -6.89. The molecular weight excluding hydrogens is 617 g/mol. The van der Waals surface area contributed by atoms with Crippen molar-refractivity contribution in [3.05, 3.63) is 112 Å². The number of hydrogen-bond acceptors (Lipinski definition) is 5. The molecule has 0 aliphatic carbocycles. The predicted octanol–water partition coefficient (Wildman–Crippen LogP) is 8.64. The topological polar surface area (TPSA) is 59.9 Å². The molecule has 222 valence electrons. The van der Waals surface area contributed by atoms with Crippen molar-refractivity contribution in [2.45, 2.75) is 22.9 Å². The van der Waals surface area contributed by atoms with Gasteiger partial charge in [0.15, 0.2) is 9.84 Å². The Morgan fingerprint density at radius 2 is 1.51 bits per heavy atom. The monoisotopic (exact) mass is 636 g/mol. The summed E-state index contributed by atoms with van der Waals surface area (Å²) in [4.78, 5) is 8.60. The lowest BCUT2D eigenvalue weighted by Gasteiger charge is -2.31. The van der Waals surface area contributed by atoms with E-state index in [9.17, 15) is 34.8 Å². The molecule has 0 radical (unpaired) electrons. The number of thiazole rings is 1. The van der Waals surface area contributed by atoms with Crippen LogP contribution in [0.25, 0.3) is 33.7 Å². The van der Waals surface area contributed by atoms with Crippen LogP contribution in [0.3, 0.4) is 0 Å². The molecule has 0 N–H and O–H groups in total. The molecular formula is C30H19F7N2O2S2. The van der Waals surface area contributed by atoms with Gasteiger partial charge in [0.2, 0.25) is 0 Å². The van der Waals surface area contributed by atoms with E-state index in [1.54, 1.807) is 41.9 Å². The lowest BCUT2D eigenvalue weighted by Crippen LogP contribution is -2.50. The number of rotatable bonds is 6. The number of halogens is 7. The van der Waals surface area contributed by atoms with Crippen LogP contribution >= 0.6 is 11.3 Å². The van der Waals surface area contributed by atoms with E-state index in [1.165, 1.54) is 53.9 Å². The molecule has 0 bridgehead atoms. The molecule has 5 rings (SSSR count). The number of alkyl halides is 7. The first-order valence-corrected chi connectivity index (χ1v) is 15.1. The molecule has 13 heteroatoms. The zero-order chi connectivity index (χ0) is 31.2. The van der Waals surface area contributed by atoms with Crippen LogP contribution in [0, 0.1) is 0 Å². The standard InChI is InChI=1S/C30H19F7N2O2S2/c1-43(40,41)23-9-7-19(8-10-23)25(27-39-12-13-42-27)15-18-4-2-5-20(14-18)24-17-22(16-21-6-3-11-38-26(21)24)28(31,29(32,33)34)30(35,36)37/h2-17H,1H3/b25-15-. The molecule has 0 spiro atoms. The minimum absolute atomic E-state index is 0.0792. The van der Waals surface area contributed by atoms with Gasteiger partial charge in [-0.25, -0.2) is 17.8 Å². The van der Waals surface area contributed by atoms with Crippen molar-refractivity contribution in [3.8, 4) is 11.1 Å². The van der Waals surface area contributed by atoms with Crippen LogP contribution in [0.15, 0.2) is 95.5 Å². The number of hydrogen-bond donors (Lipinski definition) is 0. The minimum Gasteiger partial charge on any atom is -0.256 e. The van der Waals surface area contributed by atoms with Crippen molar-refractivity contribution in [2.24, 2.45) is 0 Å². The van der Waals surface area contributed by atoms with Crippen molar-refractivity contribution in [1.29, 1.82) is 0 Å². The van der Waals surface area contributed by atoms with Gasteiger partial charge in [0.05, 0.1) is 10.4 Å². The molecule has 0 unspecified atom stereocenters. The van der Waals surface area contributed by atoms with E-state index >= 15 is 4.39 Å². The number of sulfone groups is 1. The average Bonchev–Trinajstić information content (AvgIpc) is 3.48. The number of aromatic nitrogens is 2. The van der Waals surface area contributed by atoms with Crippen LogP contribution in [0.4, 0.5) is 30.7 Å². The lowest BCUT2D eigenvalue weighted by atomic mass is 9.88. The molecule has 2 heterocycles. The van der Waals surface area contributed by atoms with Crippen LogP contribution in [0.5, 0.6) is 0 Å². The predicted molar refractivity (Wildman–Crippen MR) is 151 cm³/mol. The third-order valence-electron chi connectivity index (χ3n) is 6.65. The van der Waals surface area contributed by atoms with Gasteiger partial charge in [0.1, 0.15) is 5.01 Å². The van der Waals surface area contributed by atoms with Crippen molar-refractivity contribution < 1.29 is 39.2 Å². The van der Waals surface area contributed by atoms with Gasteiger partial charge in [-0.05, 0) is 59.2 Å². The second-order valence-corrected chi connectivity index (χ2v) is 12.5. The first kappa shape index (κ1) is 30.4. The van der Waals surface area contributed by atoms with Gasteiger partial charge in [-0.1, -0.05) is 36.4 Å². The molecule has 0 amide bonds. The van der Waals surface area contributed by atoms with Crippen molar-refractivity contribution in [1.82, 2.24) is 9.97 Å². The number of nitrogens with zero attached hydrogens (tertiary/aromatic N) is 2. The van der Waals surface area contributed by atoms with E-state index < -0.39 is 33.4 Å². The van der Waals surface area contributed by atoms with E-state index in [0.29, 0.717) is 33.8 Å². The maximum atomic E-state index is 15.1. The van der Waals surface area contributed by atoms with Gasteiger partial charge in [0, 0.05) is 46.1 Å². The van der Waals surface area contributed by atoms with E-state index in [2.05, 4.69) is 9.97 Å². The van der Waals surface area contributed by atoms with E-state index in [4.69, 9.17) is 0 Å². The fourth-order valence-corrected chi connectivity index (χ4v) is 5.88. The summed E-state index contributed by atoms with van der Waals surface area (Å²) in [6.45, 7) is 0. The number of fused-ring (bicyclic) bond motifs is 1. The van der Waals surface area contributed by atoms with Gasteiger partial charge in [0.25, 0.3) is 0 Å². The Bertz CT molecular complexity index is 1920. The highest BCUT2D eigenvalue weighted by Gasteiger charge is 2.73. The molecule has 0 saturated heterocycles. The van der Waals surface area contributed by atoms with E-state index in [-0.39, 0.29) is 26.9 Å². The van der Waals surface area contributed by atoms with Crippen LogP contribution < -0.4 is 0 Å². The van der Waals surface area contributed by atoms with Crippen molar-refractivity contribution in [2.75, 3.05) is 6.26 Å². The summed E-state index contributed by atoms with van der Waals surface area (Å²) in [6, 6.07) is 15.9. The van der Waals surface area contributed by atoms with Crippen LogP contribution in [-0.4, -0.2) is 37.0 Å². The van der Waals surface area contributed by atoms with Gasteiger partial charge >= 0.3 is 18.0 Å². The smallest absolute Gasteiger partial charge is 0.256 e. The summed E-state index contributed by atoms with van der Waals surface area (Å²) >= 11 is 1.30. The largest absolute Gasteiger partial charge is 0.435 e. The molecule has 0 aliphatic heterocycles. The Morgan fingerprint density at radius 3 is 2.12 bits per heavy atom. The summed E-state index contributed by atoms with van der Waals surface area (Å²) in [5.74, 6) is 0. The van der Waals surface area contributed by atoms with Crippen LogP contribution in [0.1, 0.15) is 21.7 Å². The Hall–Kier alpha value is -4.10. The Kier molecular flexibility index (Phi) is 7.68. The zero-order valence-electron chi connectivity index (χ0n) is 21.9. The third-order valence-corrected chi connectivity index (χ3v) is 8.58. The Labute approximate surface area is 245 Å². The quantitative estimate of drug-likeness (QED) is 0.138. The normalized spacial score (nSPS) is 13.4. The Morgan fingerprint density at radius 1 is 0.814 bits per heavy atom. The highest BCUT2D eigenvalue weighted by atomic mass is 32.2. The molecule has 2 aromatic heterocycles. The fourth-order valence-electron chi connectivity index (χ4n) is 4.57. The maximum Gasteiger partial charge on any atom is 0.435 e. The second kappa shape index (κ2) is 10.9. The molecule has 5 aromatic rings. The fraction of sp³-hybridized carbons (Fsp3) is 0.133. The number of benzene rings is 3. The number of pyridine rings is 1. The van der Waals surface area contributed by atoms with Crippen molar-refractivity contribution in [3.63, 3.8) is 0 Å². The highest BCUT2D eigenvalue weighted by molar-refractivity contribution is 7.90. The third kappa shape index (κ3) is 5.78. The maximum absolute atomic E-state index is 15.1. The average molecular weight is 637 g/mol. The molecule has 4 nitrogen and oxygen atoms in total. The summed E-state index contributed by atoms with van der Waals surface area (Å²) in [7, 11) is -3.45. The van der Waals surface area contributed by atoms with E-state index in [1.807, 2.05) is 0 Å². The van der Waals surface area contributed by atoms with Gasteiger partial charge in [-0.15, -0.1) is 11.3 Å². The summed E-state index contributed by atoms with van der Waals surface area (Å²) < 4.78 is 121. The molecule has 0 atom stereocenters. The zero-order valence-corrected chi connectivity index (χ0v) is 23.5. The first-order valence-electron chi connectivity index (χ1n) is 12.3. The summed E-state index contributed by atoms with van der Waals surface area (Å²) in [5, 5.41) is 2.20. The van der Waals surface area contributed by atoms with Gasteiger partial charge in [-0.2, -0.15) is 26.3 Å². The first-order chi connectivity index (χ1) is 20.1. The SMILES string of the molecule is CS(=O)(=O)c1ccc(/C(=C/c2cccc(-c3cc(C(F)(C(F)(F)F)C(F)(F)F)cc4cccnc34)c2)c2nccs2)cc1. The van der Waals surface area contributed by atoms with E-state index in [0.717, 1.165) is 6.26 Å². The minimum atomic E-state index is -6.28. The lowest BCUT2D eigenvalue weighted by molar-refractivity contribution is -0.348. The van der Waals surface area contributed by atoms with Gasteiger partial charge < -0.3 is 0 Å². The molecule has 0 fully saturated rings. The highest BCUT2D eigenvalue weighted by Crippen LogP contribution is 2.54. The molecule has 0 aliphatic rings. The summed E-state index contributed by atoms with van der Waals surface area (Å²) in [5.41, 5.74) is -5.41. The van der Waals surface area contributed by atoms with Crippen LogP contribution in [0.2, 0.25) is 0 Å².